The van der Waals surface area contributed by atoms with E-state index < -0.39 is 0 Å². The van der Waals surface area contributed by atoms with Gasteiger partial charge in [-0.2, -0.15) is 5.10 Å². The van der Waals surface area contributed by atoms with Crippen LogP contribution in [0.25, 0.3) is 0 Å². The molecule has 0 saturated heterocycles. The summed E-state index contributed by atoms with van der Waals surface area (Å²) in [6.45, 7) is 4.96. The van der Waals surface area contributed by atoms with Crippen molar-refractivity contribution < 1.29 is 4.74 Å². The second kappa shape index (κ2) is 7.70. The van der Waals surface area contributed by atoms with Crippen LogP contribution in [0.5, 0.6) is 5.75 Å². The average Bonchev–Trinajstić information content (AvgIpc) is 2.48. The third-order valence-electron chi connectivity index (χ3n) is 2.69. The van der Waals surface area contributed by atoms with Crippen LogP contribution in [-0.2, 0) is 0 Å². The highest BCUT2D eigenvalue weighted by Crippen LogP contribution is 2.14. The molecule has 0 unspecified atom stereocenters. The fourth-order valence-corrected chi connectivity index (χ4v) is 1.78. The number of ether oxygens (including phenoxy) is 1. The minimum atomic E-state index is 0.508. The van der Waals surface area contributed by atoms with Crippen molar-refractivity contribution in [1.82, 2.24) is 0 Å². The maximum absolute atomic E-state index is 5.83. The van der Waals surface area contributed by atoms with Gasteiger partial charge in [-0.3, -0.25) is 5.43 Å². The molecule has 3 nitrogen and oxygen atoms in total. The smallest absolute Gasteiger partial charge is 0.119 e. The van der Waals surface area contributed by atoms with E-state index in [2.05, 4.69) is 24.4 Å². The molecule has 0 atom stereocenters. The number of anilines is 1. The van der Waals surface area contributed by atoms with Gasteiger partial charge in [0.1, 0.15) is 5.75 Å². The fraction of sp³-hybridized carbons (Fsp3) is 0.235. The molecule has 0 heterocycles. The first kappa shape index (κ1) is 15.4. The Balaban J connectivity index is 1.94. The summed E-state index contributed by atoms with van der Waals surface area (Å²) in [5.41, 5.74) is 4.84. The van der Waals surface area contributed by atoms with E-state index >= 15 is 0 Å². The monoisotopic (exact) mass is 302 g/mol. The Morgan fingerprint density at radius 3 is 2.67 bits per heavy atom. The Labute approximate surface area is 130 Å². The maximum atomic E-state index is 5.83. The van der Waals surface area contributed by atoms with Crippen molar-refractivity contribution in [3.05, 3.63) is 59.1 Å². The van der Waals surface area contributed by atoms with Gasteiger partial charge in [0.2, 0.25) is 0 Å². The summed E-state index contributed by atoms with van der Waals surface area (Å²) in [6.07, 6.45) is 1.76. The van der Waals surface area contributed by atoms with Crippen LogP contribution in [0.2, 0.25) is 5.02 Å². The molecule has 0 aliphatic rings. The summed E-state index contributed by atoms with van der Waals surface area (Å²) < 4.78 is 5.69. The average molecular weight is 303 g/mol. The van der Waals surface area contributed by atoms with E-state index in [4.69, 9.17) is 16.3 Å². The predicted molar refractivity (Wildman–Crippen MR) is 89.4 cm³/mol. The number of hydrazone groups is 1. The van der Waals surface area contributed by atoms with Crippen molar-refractivity contribution in [2.75, 3.05) is 12.0 Å². The molecule has 0 fully saturated rings. The largest absolute Gasteiger partial charge is 0.493 e. The van der Waals surface area contributed by atoms with Gasteiger partial charge in [0.05, 0.1) is 18.5 Å². The molecule has 0 saturated carbocycles. The summed E-state index contributed by atoms with van der Waals surface area (Å²) in [5, 5.41) is 4.91. The molecule has 2 aromatic carbocycles. The molecule has 0 bridgehead atoms. The van der Waals surface area contributed by atoms with Crippen molar-refractivity contribution in [1.29, 1.82) is 0 Å². The summed E-state index contributed by atoms with van der Waals surface area (Å²) in [7, 11) is 0. The zero-order valence-electron chi connectivity index (χ0n) is 12.2. The molecule has 2 rings (SSSR count). The molecule has 0 spiro atoms. The molecule has 0 aliphatic carbocycles. The zero-order valence-corrected chi connectivity index (χ0v) is 13.0. The normalized spacial score (nSPS) is 11.0. The van der Waals surface area contributed by atoms with Crippen LogP contribution in [0.3, 0.4) is 0 Å². The van der Waals surface area contributed by atoms with E-state index in [0.717, 1.165) is 17.0 Å². The van der Waals surface area contributed by atoms with Crippen LogP contribution in [0.15, 0.2) is 53.6 Å². The number of halogens is 1. The van der Waals surface area contributed by atoms with E-state index in [-0.39, 0.29) is 0 Å². The minimum absolute atomic E-state index is 0.508. The van der Waals surface area contributed by atoms with Gasteiger partial charge in [-0.25, -0.2) is 0 Å². The van der Waals surface area contributed by atoms with Gasteiger partial charge in [0, 0.05) is 5.02 Å². The lowest BCUT2D eigenvalue weighted by Gasteiger charge is -2.08. The van der Waals surface area contributed by atoms with Crippen LogP contribution in [0, 0.1) is 5.92 Å². The lowest BCUT2D eigenvalue weighted by atomic mass is 10.2. The Morgan fingerprint density at radius 1 is 1.19 bits per heavy atom. The van der Waals surface area contributed by atoms with E-state index in [9.17, 15) is 0 Å². The molecular weight excluding hydrogens is 284 g/mol. The SMILES string of the molecule is CC(C)COc1cccc(/C=N/Nc2ccc(Cl)cc2)c1. The van der Waals surface area contributed by atoms with Gasteiger partial charge >= 0.3 is 0 Å². The minimum Gasteiger partial charge on any atom is -0.493 e. The second-order valence-corrected chi connectivity index (χ2v) is 5.59. The Morgan fingerprint density at radius 2 is 1.95 bits per heavy atom. The first-order valence-corrected chi connectivity index (χ1v) is 7.29. The summed E-state index contributed by atoms with van der Waals surface area (Å²) in [4.78, 5) is 0. The highest BCUT2D eigenvalue weighted by Gasteiger charge is 1.98. The molecule has 0 radical (unpaired) electrons. The number of rotatable bonds is 6. The van der Waals surface area contributed by atoms with Crippen LogP contribution < -0.4 is 10.2 Å². The molecule has 0 aromatic heterocycles. The molecule has 4 heteroatoms. The predicted octanol–water partition coefficient (Wildman–Crippen LogP) is 4.82. The third kappa shape index (κ3) is 5.48. The van der Waals surface area contributed by atoms with E-state index in [0.29, 0.717) is 17.5 Å². The number of benzene rings is 2. The van der Waals surface area contributed by atoms with Crippen molar-refractivity contribution in [3.63, 3.8) is 0 Å². The third-order valence-corrected chi connectivity index (χ3v) is 2.94. The van der Waals surface area contributed by atoms with Gasteiger partial charge in [-0.05, 0) is 47.9 Å². The molecular formula is C17H19ClN2O. The Kier molecular flexibility index (Phi) is 5.64. The van der Waals surface area contributed by atoms with E-state index in [1.807, 2.05) is 48.5 Å². The van der Waals surface area contributed by atoms with Gasteiger partial charge in [-0.1, -0.05) is 37.6 Å². The summed E-state index contributed by atoms with van der Waals surface area (Å²) in [5.74, 6) is 1.37. The van der Waals surface area contributed by atoms with Crippen LogP contribution in [0.4, 0.5) is 5.69 Å². The van der Waals surface area contributed by atoms with Crippen molar-refractivity contribution in [3.8, 4) is 5.75 Å². The first-order chi connectivity index (χ1) is 10.1. The number of nitrogens with zero attached hydrogens (tertiary/aromatic N) is 1. The topological polar surface area (TPSA) is 33.6 Å². The molecule has 2 aromatic rings. The lowest BCUT2D eigenvalue weighted by molar-refractivity contribution is 0.271. The molecule has 1 N–H and O–H groups in total. The summed E-state index contributed by atoms with van der Waals surface area (Å²) in [6, 6.07) is 15.2. The van der Waals surface area contributed by atoms with Crippen molar-refractivity contribution in [2.45, 2.75) is 13.8 Å². The van der Waals surface area contributed by atoms with Gasteiger partial charge < -0.3 is 4.74 Å². The van der Waals surface area contributed by atoms with Crippen molar-refractivity contribution in [2.24, 2.45) is 11.0 Å². The molecule has 110 valence electrons. The van der Waals surface area contributed by atoms with Crippen molar-refractivity contribution >= 4 is 23.5 Å². The highest BCUT2D eigenvalue weighted by atomic mass is 35.5. The lowest BCUT2D eigenvalue weighted by Crippen LogP contribution is -2.04. The van der Waals surface area contributed by atoms with Crippen LogP contribution in [-0.4, -0.2) is 12.8 Å². The zero-order chi connectivity index (χ0) is 15.1. The Bertz CT molecular complexity index is 594. The Hall–Kier alpha value is -2.00. The number of nitrogens with one attached hydrogen (secondary N) is 1. The van der Waals surface area contributed by atoms with E-state index in [1.165, 1.54) is 0 Å². The number of hydrogen-bond donors (Lipinski definition) is 1. The van der Waals surface area contributed by atoms with Crippen LogP contribution in [0.1, 0.15) is 19.4 Å². The maximum Gasteiger partial charge on any atom is 0.119 e. The molecule has 0 aliphatic heterocycles. The van der Waals surface area contributed by atoms with Gasteiger partial charge in [0.25, 0.3) is 0 Å². The summed E-state index contributed by atoms with van der Waals surface area (Å²) >= 11 is 5.83. The van der Waals surface area contributed by atoms with Gasteiger partial charge in [-0.15, -0.1) is 0 Å². The van der Waals surface area contributed by atoms with E-state index in [1.54, 1.807) is 6.21 Å². The molecule has 0 amide bonds. The second-order valence-electron chi connectivity index (χ2n) is 5.15. The van der Waals surface area contributed by atoms with Crippen LogP contribution >= 0.6 is 11.6 Å². The quantitative estimate of drug-likeness (QED) is 0.613. The molecule has 21 heavy (non-hydrogen) atoms. The highest BCUT2D eigenvalue weighted by molar-refractivity contribution is 6.30. The fourth-order valence-electron chi connectivity index (χ4n) is 1.65. The standard InChI is InChI=1S/C17H19ClN2O/c1-13(2)12-21-17-5-3-4-14(10-17)11-19-20-16-8-6-15(18)7-9-16/h3-11,13,20H,12H2,1-2H3/b19-11+. The van der Waals surface area contributed by atoms with Gasteiger partial charge in [0.15, 0.2) is 0 Å². The first-order valence-electron chi connectivity index (χ1n) is 6.91. The number of hydrogen-bond acceptors (Lipinski definition) is 3.